The highest BCUT2D eigenvalue weighted by Gasteiger charge is 2.13. The fraction of sp³-hybridized carbons (Fsp3) is 0.312. The Morgan fingerprint density at radius 3 is 2.68 bits per heavy atom. The highest BCUT2D eigenvalue weighted by molar-refractivity contribution is 6.04. The zero-order chi connectivity index (χ0) is 15.9. The van der Waals surface area contributed by atoms with Gasteiger partial charge >= 0.3 is 0 Å². The van der Waals surface area contributed by atoms with E-state index in [2.05, 4.69) is 15.6 Å². The maximum atomic E-state index is 12.1. The molecule has 0 unspecified atom stereocenters. The Morgan fingerprint density at radius 1 is 1.18 bits per heavy atom. The molecule has 0 saturated heterocycles. The molecule has 0 aliphatic rings. The number of carbonyl (C=O) groups excluding carboxylic acids is 2. The van der Waals surface area contributed by atoms with Gasteiger partial charge in [-0.2, -0.15) is 0 Å². The summed E-state index contributed by atoms with van der Waals surface area (Å²) in [5.74, 6) is 0.192. The fourth-order valence-electron chi connectivity index (χ4n) is 2.15. The lowest BCUT2D eigenvalue weighted by Crippen LogP contribution is -2.24. The molecule has 0 saturated carbocycles. The van der Waals surface area contributed by atoms with Crippen molar-refractivity contribution >= 4 is 28.4 Å². The average Bonchev–Trinajstić information content (AvgIpc) is 2.53. The quantitative estimate of drug-likeness (QED) is 0.856. The van der Waals surface area contributed by atoms with Crippen LogP contribution in [0.5, 0.6) is 5.75 Å². The molecule has 2 rings (SSSR count). The molecule has 0 spiro atoms. The lowest BCUT2D eigenvalue weighted by atomic mass is 10.1. The number of rotatable bonds is 6. The molecule has 6 heteroatoms. The van der Waals surface area contributed by atoms with Gasteiger partial charge in [0.05, 0.1) is 18.3 Å². The molecular weight excluding hydrogens is 282 g/mol. The number of nitrogens with one attached hydrogen (secondary N) is 2. The predicted molar refractivity (Wildman–Crippen MR) is 84.8 cm³/mol. The van der Waals surface area contributed by atoms with Gasteiger partial charge in [0.2, 0.25) is 11.8 Å². The Bertz CT molecular complexity index is 685. The first-order valence-corrected chi connectivity index (χ1v) is 7.14. The van der Waals surface area contributed by atoms with Crippen LogP contribution in [0.15, 0.2) is 30.5 Å². The summed E-state index contributed by atoms with van der Waals surface area (Å²) in [6, 6.07) is 7.25. The van der Waals surface area contributed by atoms with E-state index in [0.717, 1.165) is 10.9 Å². The summed E-state index contributed by atoms with van der Waals surface area (Å²) >= 11 is 0. The van der Waals surface area contributed by atoms with Crippen molar-refractivity contribution < 1.29 is 14.3 Å². The first-order chi connectivity index (χ1) is 10.7. The van der Waals surface area contributed by atoms with Gasteiger partial charge in [0.15, 0.2) is 0 Å². The summed E-state index contributed by atoms with van der Waals surface area (Å²) in [6.07, 6.45) is 1.96. The van der Waals surface area contributed by atoms with Crippen molar-refractivity contribution in [3.63, 3.8) is 0 Å². The molecule has 22 heavy (non-hydrogen) atoms. The molecule has 116 valence electrons. The Morgan fingerprint density at radius 2 is 1.95 bits per heavy atom. The topological polar surface area (TPSA) is 80.3 Å². The van der Waals surface area contributed by atoms with Crippen molar-refractivity contribution in [2.45, 2.75) is 19.8 Å². The van der Waals surface area contributed by atoms with Gasteiger partial charge in [-0.05, 0) is 31.2 Å². The van der Waals surface area contributed by atoms with E-state index in [4.69, 9.17) is 4.74 Å². The van der Waals surface area contributed by atoms with Crippen LogP contribution in [-0.4, -0.2) is 30.5 Å². The maximum Gasteiger partial charge on any atom is 0.225 e. The SMILES string of the molecule is CCNC(=O)CCC(=O)Nc1c(OC)ccc2ncccc12. The third-order valence-electron chi connectivity index (χ3n) is 3.18. The van der Waals surface area contributed by atoms with Crippen molar-refractivity contribution in [3.05, 3.63) is 30.5 Å². The van der Waals surface area contributed by atoms with Gasteiger partial charge in [0.1, 0.15) is 5.75 Å². The molecule has 2 N–H and O–H groups in total. The minimum absolute atomic E-state index is 0.117. The molecule has 6 nitrogen and oxygen atoms in total. The number of benzene rings is 1. The van der Waals surface area contributed by atoms with Crippen LogP contribution in [0, 0.1) is 0 Å². The molecule has 1 heterocycles. The number of pyridine rings is 1. The third-order valence-corrected chi connectivity index (χ3v) is 3.18. The zero-order valence-electron chi connectivity index (χ0n) is 12.7. The first kappa shape index (κ1) is 15.8. The van der Waals surface area contributed by atoms with Crippen LogP contribution < -0.4 is 15.4 Å². The van der Waals surface area contributed by atoms with Crippen LogP contribution in [0.1, 0.15) is 19.8 Å². The summed E-state index contributed by atoms with van der Waals surface area (Å²) in [7, 11) is 1.54. The van der Waals surface area contributed by atoms with E-state index in [-0.39, 0.29) is 24.7 Å². The number of carbonyl (C=O) groups is 2. The number of methoxy groups -OCH3 is 1. The highest BCUT2D eigenvalue weighted by Crippen LogP contribution is 2.32. The number of aromatic nitrogens is 1. The van der Waals surface area contributed by atoms with Crippen molar-refractivity contribution in [2.24, 2.45) is 0 Å². The summed E-state index contributed by atoms with van der Waals surface area (Å²) in [4.78, 5) is 27.7. The van der Waals surface area contributed by atoms with Crippen LogP contribution in [0.2, 0.25) is 0 Å². The number of hydrogen-bond donors (Lipinski definition) is 2. The number of ether oxygens (including phenoxy) is 1. The fourth-order valence-corrected chi connectivity index (χ4v) is 2.15. The van der Waals surface area contributed by atoms with Crippen LogP contribution in [-0.2, 0) is 9.59 Å². The van der Waals surface area contributed by atoms with Crippen LogP contribution in [0.4, 0.5) is 5.69 Å². The van der Waals surface area contributed by atoms with Gasteiger partial charge in [0.25, 0.3) is 0 Å². The normalized spacial score (nSPS) is 10.3. The first-order valence-electron chi connectivity index (χ1n) is 7.14. The van der Waals surface area contributed by atoms with Gasteiger partial charge in [0, 0.05) is 31.0 Å². The van der Waals surface area contributed by atoms with Gasteiger partial charge in [-0.15, -0.1) is 0 Å². The molecule has 0 radical (unpaired) electrons. The molecule has 0 aliphatic carbocycles. The summed E-state index contributed by atoms with van der Waals surface area (Å²) in [6.45, 7) is 2.40. The van der Waals surface area contributed by atoms with Crippen molar-refractivity contribution in [1.29, 1.82) is 0 Å². The number of nitrogens with zero attached hydrogens (tertiary/aromatic N) is 1. The van der Waals surface area contributed by atoms with E-state index in [1.54, 1.807) is 25.4 Å². The Hall–Kier alpha value is -2.63. The Labute approximate surface area is 128 Å². The molecule has 0 atom stereocenters. The lowest BCUT2D eigenvalue weighted by molar-refractivity contribution is -0.124. The summed E-state index contributed by atoms with van der Waals surface area (Å²) in [5, 5.41) is 6.28. The minimum Gasteiger partial charge on any atom is -0.495 e. The van der Waals surface area contributed by atoms with E-state index in [0.29, 0.717) is 18.0 Å². The molecule has 2 aromatic rings. The second kappa shape index (κ2) is 7.40. The second-order valence-corrected chi connectivity index (χ2v) is 4.71. The number of anilines is 1. The van der Waals surface area contributed by atoms with Gasteiger partial charge < -0.3 is 15.4 Å². The summed E-state index contributed by atoms with van der Waals surface area (Å²) < 4.78 is 5.30. The van der Waals surface area contributed by atoms with E-state index in [1.165, 1.54) is 0 Å². The molecule has 2 amide bonds. The maximum absolute atomic E-state index is 12.1. The van der Waals surface area contributed by atoms with E-state index in [9.17, 15) is 9.59 Å². The highest BCUT2D eigenvalue weighted by atomic mass is 16.5. The van der Waals surface area contributed by atoms with Crippen LogP contribution in [0.3, 0.4) is 0 Å². The summed E-state index contributed by atoms with van der Waals surface area (Å²) in [5.41, 5.74) is 1.34. The second-order valence-electron chi connectivity index (χ2n) is 4.71. The molecule has 0 bridgehead atoms. The van der Waals surface area contributed by atoms with E-state index >= 15 is 0 Å². The van der Waals surface area contributed by atoms with Crippen LogP contribution >= 0.6 is 0 Å². The number of hydrogen-bond acceptors (Lipinski definition) is 4. The molecule has 1 aromatic heterocycles. The molecule has 0 fully saturated rings. The van der Waals surface area contributed by atoms with Gasteiger partial charge in [-0.1, -0.05) is 0 Å². The molecule has 0 aliphatic heterocycles. The third kappa shape index (κ3) is 3.72. The van der Waals surface area contributed by atoms with Crippen molar-refractivity contribution in [1.82, 2.24) is 10.3 Å². The standard InChI is InChI=1S/C16H19N3O3/c1-3-17-14(20)8-9-15(21)19-16-11-5-4-10-18-12(11)6-7-13(16)22-2/h4-7,10H,3,8-9H2,1-2H3,(H,17,20)(H,19,21). The minimum atomic E-state index is -0.235. The Kier molecular flexibility index (Phi) is 5.30. The van der Waals surface area contributed by atoms with E-state index in [1.807, 2.05) is 19.1 Å². The van der Waals surface area contributed by atoms with Gasteiger partial charge in [-0.3, -0.25) is 14.6 Å². The molecule has 1 aromatic carbocycles. The van der Waals surface area contributed by atoms with Crippen molar-refractivity contribution in [3.8, 4) is 5.75 Å². The monoisotopic (exact) mass is 301 g/mol. The Balaban J connectivity index is 2.16. The molecular formula is C16H19N3O3. The van der Waals surface area contributed by atoms with Gasteiger partial charge in [-0.25, -0.2) is 0 Å². The predicted octanol–water partition coefficient (Wildman–Crippen LogP) is 2.10. The largest absolute Gasteiger partial charge is 0.495 e. The van der Waals surface area contributed by atoms with Crippen molar-refractivity contribution in [2.75, 3.05) is 19.0 Å². The number of amides is 2. The zero-order valence-corrected chi connectivity index (χ0v) is 12.7. The number of fused-ring (bicyclic) bond motifs is 1. The smallest absolute Gasteiger partial charge is 0.225 e. The van der Waals surface area contributed by atoms with E-state index < -0.39 is 0 Å². The lowest BCUT2D eigenvalue weighted by Gasteiger charge is -2.12. The van der Waals surface area contributed by atoms with Crippen LogP contribution in [0.25, 0.3) is 10.9 Å². The average molecular weight is 301 g/mol.